The molecule has 86 valence electrons. The molecule has 1 heterocycles. The monoisotopic (exact) mass is 243 g/mol. The average molecular weight is 244 g/mol. The highest BCUT2D eigenvalue weighted by Gasteiger charge is 2.26. The van der Waals surface area contributed by atoms with Crippen molar-refractivity contribution in [2.75, 3.05) is 18.6 Å². The van der Waals surface area contributed by atoms with Crippen LogP contribution in [0, 0.1) is 11.7 Å². The maximum Gasteiger partial charge on any atom is 0.233 e. The first kappa shape index (κ1) is 11.2. The Morgan fingerprint density at radius 1 is 1.56 bits per heavy atom. The number of carbonyl (C=O) groups excluding carboxylic acids is 1. The van der Waals surface area contributed by atoms with Crippen LogP contribution in [-0.4, -0.2) is 19.6 Å². The van der Waals surface area contributed by atoms with Gasteiger partial charge in [0.1, 0.15) is 11.6 Å². The zero-order valence-electron chi connectivity index (χ0n) is 8.96. The molecule has 5 heteroatoms. The molecule has 0 saturated heterocycles. The summed E-state index contributed by atoms with van der Waals surface area (Å²) in [5.74, 6) is -0.468. The van der Waals surface area contributed by atoms with Crippen molar-refractivity contribution >= 4 is 23.2 Å². The molecule has 1 aromatic carbocycles. The number of carbonyl (C=O) groups is 1. The summed E-state index contributed by atoms with van der Waals surface area (Å²) in [4.78, 5) is 13.2. The number of hydrogen-bond acceptors (Lipinski definition) is 2. The second kappa shape index (κ2) is 3.94. The Morgan fingerprint density at radius 2 is 2.25 bits per heavy atom. The highest BCUT2D eigenvalue weighted by Crippen LogP contribution is 2.35. The summed E-state index contributed by atoms with van der Waals surface area (Å²) in [6, 6.07) is 2.61. The second-order valence-corrected chi connectivity index (χ2v) is 4.25. The van der Waals surface area contributed by atoms with Crippen molar-refractivity contribution in [2.45, 2.75) is 6.92 Å². The lowest BCUT2D eigenvalue weighted by atomic mass is 10.1. The molecule has 0 aliphatic carbocycles. The van der Waals surface area contributed by atoms with Gasteiger partial charge in [-0.1, -0.05) is 18.5 Å². The maximum atomic E-state index is 13.3. The van der Waals surface area contributed by atoms with Crippen molar-refractivity contribution in [2.24, 2.45) is 5.92 Å². The lowest BCUT2D eigenvalue weighted by Gasteiger charge is -2.17. The van der Waals surface area contributed by atoms with Crippen LogP contribution in [0.1, 0.15) is 6.92 Å². The molecule has 0 spiro atoms. The number of benzene rings is 1. The molecule has 1 unspecified atom stereocenters. The van der Waals surface area contributed by atoms with Crippen LogP contribution in [-0.2, 0) is 4.79 Å². The van der Waals surface area contributed by atoms with Gasteiger partial charge in [0.05, 0.1) is 23.2 Å². The Hall–Kier alpha value is -1.29. The van der Waals surface area contributed by atoms with E-state index in [9.17, 15) is 9.18 Å². The van der Waals surface area contributed by atoms with Gasteiger partial charge in [-0.05, 0) is 0 Å². The predicted molar refractivity (Wildman–Crippen MR) is 59.5 cm³/mol. The van der Waals surface area contributed by atoms with E-state index >= 15 is 0 Å². The molecule has 2 rings (SSSR count). The molecule has 16 heavy (non-hydrogen) atoms. The molecular formula is C11H11ClFNO2. The first-order chi connectivity index (χ1) is 7.50. The third-order valence-electron chi connectivity index (χ3n) is 2.60. The van der Waals surface area contributed by atoms with E-state index < -0.39 is 5.82 Å². The number of amides is 1. The van der Waals surface area contributed by atoms with E-state index in [1.54, 1.807) is 14.0 Å². The van der Waals surface area contributed by atoms with E-state index in [0.717, 1.165) is 0 Å². The molecule has 1 aliphatic rings. The van der Waals surface area contributed by atoms with E-state index in [-0.39, 0.29) is 23.5 Å². The Bertz CT molecular complexity index is 450. The summed E-state index contributed by atoms with van der Waals surface area (Å²) < 4.78 is 18.7. The van der Waals surface area contributed by atoms with Gasteiger partial charge in [0, 0.05) is 19.2 Å². The number of fused-ring (bicyclic) bond motifs is 1. The van der Waals surface area contributed by atoms with E-state index in [0.29, 0.717) is 11.4 Å². The van der Waals surface area contributed by atoms with Crippen LogP contribution in [0.4, 0.5) is 10.1 Å². The van der Waals surface area contributed by atoms with Crippen molar-refractivity contribution in [1.29, 1.82) is 0 Å². The minimum Gasteiger partial charge on any atom is -0.491 e. The third-order valence-corrected chi connectivity index (χ3v) is 2.89. The molecule has 0 aromatic heterocycles. The molecule has 0 N–H and O–H groups in total. The Morgan fingerprint density at radius 3 is 2.94 bits per heavy atom. The van der Waals surface area contributed by atoms with E-state index in [2.05, 4.69) is 0 Å². The fourth-order valence-electron chi connectivity index (χ4n) is 1.63. The summed E-state index contributed by atoms with van der Waals surface area (Å²) in [5.41, 5.74) is 0.413. The van der Waals surface area contributed by atoms with Crippen molar-refractivity contribution in [1.82, 2.24) is 0 Å². The molecule has 1 aliphatic heterocycles. The molecule has 0 radical (unpaired) electrons. The van der Waals surface area contributed by atoms with Crippen molar-refractivity contribution in [3.8, 4) is 5.75 Å². The van der Waals surface area contributed by atoms with Crippen molar-refractivity contribution in [3.05, 3.63) is 23.0 Å². The van der Waals surface area contributed by atoms with Gasteiger partial charge in [-0.2, -0.15) is 0 Å². The van der Waals surface area contributed by atoms with Gasteiger partial charge in [0.15, 0.2) is 0 Å². The van der Waals surface area contributed by atoms with Crippen LogP contribution in [0.2, 0.25) is 5.02 Å². The minimum absolute atomic E-state index is 0.00541. The first-order valence-electron chi connectivity index (χ1n) is 4.90. The lowest BCUT2D eigenvalue weighted by molar-refractivity contribution is -0.122. The summed E-state index contributed by atoms with van der Waals surface area (Å²) >= 11 is 5.66. The fraction of sp³-hybridized carbons (Fsp3) is 0.364. The van der Waals surface area contributed by atoms with Gasteiger partial charge in [0.2, 0.25) is 5.91 Å². The highest BCUT2D eigenvalue weighted by molar-refractivity contribution is 6.31. The fourth-order valence-corrected chi connectivity index (χ4v) is 1.78. The lowest BCUT2D eigenvalue weighted by Crippen LogP contribution is -2.31. The number of ether oxygens (including phenoxy) is 1. The Balaban J connectivity index is 2.53. The Kier molecular flexibility index (Phi) is 2.76. The van der Waals surface area contributed by atoms with Crippen LogP contribution < -0.4 is 9.64 Å². The van der Waals surface area contributed by atoms with Gasteiger partial charge < -0.3 is 9.64 Å². The van der Waals surface area contributed by atoms with E-state index in [1.165, 1.54) is 17.0 Å². The summed E-state index contributed by atoms with van der Waals surface area (Å²) in [6.45, 7) is 2.04. The van der Waals surface area contributed by atoms with Crippen LogP contribution in [0.15, 0.2) is 12.1 Å². The predicted octanol–water partition coefficient (Wildman–Crippen LogP) is 2.47. The van der Waals surface area contributed by atoms with Crippen molar-refractivity contribution in [3.63, 3.8) is 0 Å². The van der Waals surface area contributed by atoms with Gasteiger partial charge >= 0.3 is 0 Å². The SMILES string of the molecule is CC1COc2cc(Cl)c(F)cc2N(C)C1=O. The summed E-state index contributed by atoms with van der Waals surface area (Å²) in [5, 5.41) is -0.00541. The third kappa shape index (κ3) is 1.73. The quantitative estimate of drug-likeness (QED) is 0.701. The smallest absolute Gasteiger partial charge is 0.233 e. The number of nitrogens with zero attached hydrogens (tertiary/aromatic N) is 1. The minimum atomic E-state index is -0.557. The second-order valence-electron chi connectivity index (χ2n) is 3.84. The van der Waals surface area contributed by atoms with Crippen LogP contribution in [0.3, 0.4) is 0 Å². The number of anilines is 1. The van der Waals surface area contributed by atoms with Gasteiger partial charge in [0.25, 0.3) is 0 Å². The maximum absolute atomic E-state index is 13.3. The number of hydrogen-bond donors (Lipinski definition) is 0. The molecule has 0 saturated carbocycles. The van der Waals surface area contributed by atoms with Crippen molar-refractivity contribution < 1.29 is 13.9 Å². The average Bonchev–Trinajstić information content (AvgIpc) is 2.35. The van der Waals surface area contributed by atoms with Gasteiger partial charge in [-0.3, -0.25) is 4.79 Å². The number of halogens is 2. The van der Waals surface area contributed by atoms with E-state index in [1.807, 2.05) is 0 Å². The largest absolute Gasteiger partial charge is 0.491 e. The van der Waals surface area contributed by atoms with Crippen LogP contribution in [0.5, 0.6) is 5.75 Å². The van der Waals surface area contributed by atoms with Crippen LogP contribution in [0.25, 0.3) is 0 Å². The van der Waals surface area contributed by atoms with E-state index in [4.69, 9.17) is 16.3 Å². The van der Waals surface area contributed by atoms with Gasteiger partial charge in [-0.15, -0.1) is 0 Å². The molecule has 1 aromatic rings. The molecule has 0 fully saturated rings. The normalized spacial score (nSPS) is 20.1. The molecule has 1 atom stereocenters. The summed E-state index contributed by atoms with van der Waals surface area (Å²) in [6.07, 6.45) is 0. The topological polar surface area (TPSA) is 29.5 Å². The highest BCUT2D eigenvalue weighted by atomic mass is 35.5. The summed E-state index contributed by atoms with van der Waals surface area (Å²) in [7, 11) is 1.60. The molecular weight excluding hydrogens is 233 g/mol. The molecule has 1 amide bonds. The number of rotatable bonds is 0. The standard InChI is InChI=1S/C11H11ClFNO2/c1-6-5-16-10-3-7(12)8(13)4-9(10)14(2)11(6)15/h3-4,6H,5H2,1-2H3. The zero-order valence-corrected chi connectivity index (χ0v) is 9.71. The molecule has 3 nitrogen and oxygen atoms in total. The van der Waals surface area contributed by atoms with Gasteiger partial charge in [-0.25, -0.2) is 4.39 Å². The molecule has 0 bridgehead atoms. The first-order valence-corrected chi connectivity index (χ1v) is 5.28. The Labute approximate surface area is 97.8 Å². The van der Waals surface area contributed by atoms with Crippen LogP contribution >= 0.6 is 11.6 Å². The zero-order chi connectivity index (χ0) is 11.9.